The summed E-state index contributed by atoms with van der Waals surface area (Å²) in [6, 6.07) is 9.40. The number of allylic oxidation sites excluding steroid dienone is 6. The fraction of sp³-hybridized carbons (Fsp3) is 0.639. The molecule has 0 saturated heterocycles. The van der Waals surface area contributed by atoms with Gasteiger partial charge in [0, 0.05) is 0 Å². The molecule has 1 aromatic carbocycles. The van der Waals surface area contributed by atoms with Crippen molar-refractivity contribution in [2.45, 2.75) is 86.5 Å². The molecular weight excluding hydrogens is 464 g/mol. The Bertz CT molecular complexity index is 1090. The number of hydrogen-bond donors (Lipinski definition) is 0. The minimum atomic E-state index is -0.191. The Balaban J connectivity index is 1.27. The molecule has 0 radical (unpaired) electrons. The van der Waals surface area contributed by atoms with Gasteiger partial charge in [0.1, 0.15) is 0 Å². The van der Waals surface area contributed by atoms with Crippen LogP contribution in [0.2, 0.25) is 0 Å². The Morgan fingerprint density at radius 1 is 0.947 bits per heavy atom. The first-order valence-corrected chi connectivity index (χ1v) is 15.4. The number of esters is 1. The summed E-state index contributed by atoms with van der Waals surface area (Å²) in [5.74, 6) is 4.48. The fourth-order valence-electron chi connectivity index (χ4n) is 8.68. The van der Waals surface area contributed by atoms with E-state index < -0.39 is 0 Å². The molecule has 2 nitrogen and oxygen atoms in total. The van der Waals surface area contributed by atoms with Crippen LogP contribution in [0.15, 0.2) is 65.8 Å². The average molecular weight is 515 g/mol. The Kier molecular flexibility index (Phi) is 7.82. The molecule has 1 aromatic rings. The van der Waals surface area contributed by atoms with Crippen LogP contribution >= 0.6 is 0 Å². The highest BCUT2D eigenvalue weighted by molar-refractivity contribution is 5.89. The van der Waals surface area contributed by atoms with Crippen molar-refractivity contribution in [1.29, 1.82) is 0 Å². The number of fused-ring (bicyclic) bond motifs is 5. The first kappa shape index (κ1) is 27.5. The van der Waals surface area contributed by atoms with Gasteiger partial charge in [0.15, 0.2) is 0 Å². The van der Waals surface area contributed by atoms with Crippen LogP contribution in [0, 0.1) is 52.3 Å². The van der Waals surface area contributed by atoms with E-state index in [0.29, 0.717) is 47.2 Å². The van der Waals surface area contributed by atoms with E-state index in [4.69, 9.17) is 4.74 Å². The van der Waals surface area contributed by atoms with Crippen LogP contribution in [-0.4, -0.2) is 12.6 Å². The highest BCUT2D eigenvalue weighted by Gasteiger charge is 2.56. The van der Waals surface area contributed by atoms with E-state index in [0.717, 1.165) is 24.7 Å². The van der Waals surface area contributed by atoms with Gasteiger partial charge in [-0.25, -0.2) is 4.79 Å². The fourth-order valence-corrected chi connectivity index (χ4v) is 8.68. The number of hydrogen-bond acceptors (Lipinski definition) is 2. The van der Waals surface area contributed by atoms with E-state index in [2.05, 4.69) is 65.8 Å². The van der Waals surface area contributed by atoms with Crippen molar-refractivity contribution in [3.63, 3.8) is 0 Å². The molecule has 0 N–H and O–H groups in total. The van der Waals surface area contributed by atoms with Crippen LogP contribution in [0.1, 0.15) is 96.8 Å². The minimum absolute atomic E-state index is 0.191. The summed E-state index contributed by atoms with van der Waals surface area (Å²) in [6.45, 7) is 15.2. The summed E-state index contributed by atoms with van der Waals surface area (Å²) in [5, 5.41) is 0. The van der Waals surface area contributed by atoms with Gasteiger partial charge in [0.05, 0.1) is 12.2 Å². The van der Waals surface area contributed by atoms with Crippen LogP contribution in [0.4, 0.5) is 0 Å². The van der Waals surface area contributed by atoms with Gasteiger partial charge in [0.2, 0.25) is 0 Å². The van der Waals surface area contributed by atoms with Crippen LogP contribution in [-0.2, 0) is 4.74 Å². The molecule has 0 bridgehead atoms. The molecule has 4 aliphatic rings. The van der Waals surface area contributed by atoms with Gasteiger partial charge in [0.25, 0.3) is 0 Å². The van der Waals surface area contributed by atoms with Gasteiger partial charge < -0.3 is 4.74 Å². The molecule has 3 saturated carbocycles. The van der Waals surface area contributed by atoms with Gasteiger partial charge in [-0.15, -0.1) is 0 Å². The third-order valence-corrected chi connectivity index (χ3v) is 11.6. The highest BCUT2D eigenvalue weighted by Crippen LogP contribution is 2.66. The number of rotatable bonds is 7. The lowest BCUT2D eigenvalue weighted by molar-refractivity contribution is 0.0316. The van der Waals surface area contributed by atoms with E-state index in [9.17, 15) is 4.79 Å². The number of carbonyl (C=O) groups excluding carboxylic acids is 1. The van der Waals surface area contributed by atoms with Gasteiger partial charge >= 0.3 is 5.97 Å². The Labute approximate surface area is 232 Å². The lowest BCUT2D eigenvalue weighted by atomic mass is 9.49. The first-order valence-electron chi connectivity index (χ1n) is 15.4. The Hall–Kier alpha value is -2.09. The molecule has 0 amide bonds. The summed E-state index contributed by atoms with van der Waals surface area (Å²) in [4.78, 5) is 12.5. The first-order chi connectivity index (χ1) is 18.1. The van der Waals surface area contributed by atoms with Crippen molar-refractivity contribution < 1.29 is 9.53 Å². The molecule has 38 heavy (non-hydrogen) atoms. The molecule has 2 heteroatoms. The average Bonchev–Trinajstić information content (AvgIpc) is 3.27. The van der Waals surface area contributed by atoms with Gasteiger partial charge in [-0.3, -0.25) is 0 Å². The normalized spacial score (nSPS) is 36.1. The molecule has 0 spiro atoms. The maximum absolute atomic E-state index is 12.5. The summed E-state index contributed by atoms with van der Waals surface area (Å²) in [5.41, 5.74) is 4.74. The number of carbonyl (C=O) groups is 1. The molecule has 5 rings (SSSR count). The predicted molar refractivity (Wildman–Crippen MR) is 158 cm³/mol. The van der Waals surface area contributed by atoms with Gasteiger partial charge in [-0.2, -0.15) is 0 Å². The third kappa shape index (κ3) is 4.98. The van der Waals surface area contributed by atoms with Crippen molar-refractivity contribution >= 4 is 5.97 Å². The summed E-state index contributed by atoms with van der Waals surface area (Å²) < 4.78 is 5.75. The third-order valence-electron chi connectivity index (χ3n) is 11.6. The molecule has 0 aromatic heterocycles. The van der Waals surface area contributed by atoms with E-state index in [-0.39, 0.29) is 11.4 Å². The molecule has 3 fully saturated rings. The van der Waals surface area contributed by atoms with Crippen molar-refractivity contribution in [3.8, 4) is 0 Å². The van der Waals surface area contributed by atoms with E-state index in [1.54, 1.807) is 11.1 Å². The van der Waals surface area contributed by atoms with Crippen LogP contribution < -0.4 is 0 Å². The zero-order chi connectivity index (χ0) is 27.1. The maximum Gasteiger partial charge on any atom is 0.338 e. The SMILES string of the molecule is CC(C)[C@@H](C)/C=C/[C@@H](C)[C@H]1CCC2C3=CC=C4CC(COC(=O)c5ccccc5)CC[C@]4(C)C3CCC21C. The zero-order valence-electron chi connectivity index (χ0n) is 24.7. The van der Waals surface area contributed by atoms with E-state index in [1.165, 1.54) is 32.1 Å². The minimum Gasteiger partial charge on any atom is -0.462 e. The molecule has 206 valence electrons. The molecular formula is C36H50O2. The zero-order valence-corrected chi connectivity index (χ0v) is 24.7. The topological polar surface area (TPSA) is 26.3 Å². The standard InChI is InChI=1S/C36H50O2/c1-24(2)25(3)12-13-26(4)31-16-17-32-30-15-14-29-22-27(23-38-34(37)28-10-8-7-9-11-28)18-20-35(29,5)33(30)19-21-36(31,32)6/h7-15,24-27,31-33H,16-23H2,1-6H3/b13-12+/t25-,26+,27?,31+,32?,33?,35-,36?/m0/s1. The lowest BCUT2D eigenvalue weighted by Crippen LogP contribution is -2.46. The second kappa shape index (κ2) is 10.8. The van der Waals surface area contributed by atoms with Crippen molar-refractivity contribution in [2.24, 2.45) is 52.3 Å². The van der Waals surface area contributed by atoms with E-state index >= 15 is 0 Å². The van der Waals surface area contributed by atoms with Gasteiger partial charge in [-0.05, 0) is 109 Å². The van der Waals surface area contributed by atoms with Crippen LogP contribution in [0.5, 0.6) is 0 Å². The largest absolute Gasteiger partial charge is 0.462 e. The molecule has 0 heterocycles. The van der Waals surface area contributed by atoms with Crippen LogP contribution in [0.25, 0.3) is 0 Å². The molecule has 0 aliphatic heterocycles. The molecule has 4 unspecified atom stereocenters. The van der Waals surface area contributed by atoms with Gasteiger partial charge in [-0.1, -0.05) is 95.2 Å². The quantitative estimate of drug-likeness (QED) is 0.267. The van der Waals surface area contributed by atoms with Crippen molar-refractivity contribution in [2.75, 3.05) is 6.61 Å². The van der Waals surface area contributed by atoms with Crippen LogP contribution in [0.3, 0.4) is 0 Å². The van der Waals surface area contributed by atoms with Crippen molar-refractivity contribution in [3.05, 3.63) is 71.3 Å². The highest BCUT2D eigenvalue weighted by atomic mass is 16.5. The number of benzene rings is 1. The Morgan fingerprint density at radius 2 is 1.71 bits per heavy atom. The number of ether oxygens (including phenoxy) is 1. The summed E-state index contributed by atoms with van der Waals surface area (Å²) >= 11 is 0. The van der Waals surface area contributed by atoms with Crippen molar-refractivity contribution in [1.82, 2.24) is 0 Å². The Morgan fingerprint density at radius 3 is 2.45 bits per heavy atom. The maximum atomic E-state index is 12.5. The molecule has 4 aliphatic carbocycles. The summed E-state index contributed by atoms with van der Waals surface area (Å²) in [7, 11) is 0. The van der Waals surface area contributed by atoms with E-state index in [1.807, 2.05) is 30.3 Å². The second-order valence-electron chi connectivity index (χ2n) is 14.0. The molecule has 8 atom stereocenters. The predicted octanol–water partition coefficient (Wildman–Crippen LogP) is 9.44. The monoisotopic (exact) mass is 514 g/mol. The second-order valence-corrected chi connectivity index (χ2v) is 14.0. The lowest BCUT2D eigenvalue weighted by Gasteiger charge is -2.55. The summed E-state index contributed by atoms with van der Waals surface area (Å²) in [6.07, 6.45) is 18.9. The smallest absolute Gasteiger partial charge is 0.338 e.